The summed E-state index contributed by atoms with van der Waals surface area (Å²) in [4.78, 5) is 21.9. The molecule has 18 heavy (non-hydrogen) atoms. The topological polar surface area (TPSA) is 86.6 Å². The Morgan fingerprint density at radius 2 is 1.72 bits per heavy atom. The van der Waals surface area contributed by atoms with Crippen molar-refractivity contribution >= 4 is 11.9 Å². The summed E-state index contributed by atoms with van der Waals surface area (Å²) in [5.74, 6) is -1.55. The largest absolute Gasteiger partial charge is 0.478 e. The molecule has 0 aliphatic rings. The number of carbonyl (C=O) groups is 2. The second kappa shape index (κ2) is 6.56. The van der Waals surface area contributed by atoms with Gasteiger partial charge in [0.1, 0.15) is 0 Å². The lowest BCUT2D eigenvalue weighted by Gasteiger charge is -2.06. The zero-order chi connectivity index (χ0) is 13.5. The quantitative estimate of drug-likeness (QED) is 0.652. The van der Waals surface area contributed by atoms with Gasteiger partial charge in [0.05, 0.1) is 13.0 Å². The van der Waals surface area contributed by atoms with E-state index in [4.69, 9.17) is 10.2 Å². The number of aliphatic hydroxyl groups excluding tert-OH is 1. The van der Waals surface area contributed by atoms with Crippen molar-refractivity contribution in [1.29, 1.82) is 0 Å². The van der Waals surface area contributed by atoms with E-state index in [1.54, 1.807) is 24.3 Å². The molecule has 5 nitrogen and oxygen atoms in total. The van der Waals surface area contributed by atoms with Gasteiger partial charge in [0.25, 0.3) is 0 Å². The molecule has 0 fully saturated rings. The van der Waals surface area contributed by atoms with Crippen LogP contribution in [0.5, 0.6) is 0 Å². The van der Waals surface area contributed by atoms with Gasteiger partial charge >= 0.3 is 5.97 Å². The molecule has 0 radical (unpaired) electrons. The van der Waals surface area contributed by atoms with Crippen LogP contribution >= 0.6 is 0 Å². The van der Waals surface area contributed by atoms with Crippen molar-refractivity contribution in [3.8, 4) is 0 Å². The molecular weight excluding hydrogens is 234 g/mol. The van der Waals surface area contributed by atoms with Gasteiger partial charge in [-0.25, -0.2) is 4.79 Å². The Kier molecular flexibility index (Phi) is 5.07. The smallest absolute Gasteiger partial charge is 0.331 e. The molecule has 0 bridgehead atoms. The Morgan fingerprint density at radius 3 is 2.22 bits per heavy atom. The van der Waals surface area contributed by atoms with E-state index in [0.717, 1.165) is 11.1 Å². The number of aliphatic carboxylic acids is 1. The van der Waals surface area contributed by atoms with Gasteiger partial charge in [-0.15, -0.1) is 0 Å². The monoisotopic (exact) mass is 249 g/mol. The Hall–Kier alpha value is -2.14. The van der Waals surface area contributed by atoms with Crippen molar-refractivity contribution in [2.45, 2.75) is 19.6 Å². The Balaban J connectivity index is 2.42. The van der Waals surface area contributed by atoms with Gasteiger partial charge < -0.3 is 15.5 Å². The summed E-state index contributed by atoms with van der Waals surface area (Å²) < 4.78 is 0. The molecule has 0 aliphatic carbocycles. The number of benzene rings is 1. The fourth-order valence-electron chi connectivity index (χ4n) is 1.30. The molecule has 1 amide bonds. The third-order valence-corrected chi connectivity index (χ3v) is 2.37. The minimum Gasteiger partial charge on any atom is -0.478 e. The Morgan fingerprint density at radius 1 is 1.17 bits per heavy atom. The first-order chi connectivity index (χ1) is 8.52. The summed E-state index contributed by atoms with van der Waals surface area (Å²) in [6, 6.07) is 7.10. The number of carboxylic acid groups (broad SMARTS) is 1. The molecule has 1 rings (SSSR count). The van der Waals surface area contributed by atoms with E-state index in [-0.39, 0.29) is 24.5 Å². The number of carboxylic acids is 1. The Bertz CT molecular complexity index is 451. The standard InChI is InChI=1S/C13H15NO4/c1-9(13(17)18)6-12(16)14-7-10-2-4-11(8-15)5-3-10/h2-5,15H,1,6-8H2,(H,14,16)(H,17,18). The van der Waals surface area contributed by atoms with Crippen LogP contribution in [0.25, 0.3) is 0 Å². The molecule has 96 valence electrons. The predicted molar refractivity (Wildman–Crippen MR) is 65.6 cm³/mol. The molecule has 0 unspecified atom stereocenters. The van der Waals surface area contributed by atoms with E-state index in [2.05, 4.69) is 11.9 Å². The molecule has 5 heteroatoms. The van der Waals surface area contributed by atoms with Crippen molar-refractivity contribution in [1.82, 2.24) is 5.32 Å². The highest BCUT2D eigenvalue weighted by Crippen LogP contribution is 2.04. The molecule has 0 saturated heterocycles. The highest BCUT2D eigenvalue weighted by atomic mass is 16.4. The molecule has 1 aromatic carbocycles. The van der Waals surface area contributed by atoms with Gasteiger partial charge in [0, 0.05) is 12.1 Å². The average molecular weight is 249 g/mol. The van der Waals surface area contributed by atoms with E-state index >= 15 is 0 Å². The van der Waals surface area contributed by atoms with Gasteiger partial charge in [-0.1, -0.05) is 30.8 Å². The summed E-state index contributed by atoms with van der Waals surface area (Å²) in [6.45, 7) is 3.58. The number of aliphatic hydroxyl groups is 1. The summed E-state index contributed by atoms with van der Waals surface area (Å²) in [6.07, 6.45) is -0.218. The van der Waals surface area contributed by atoms with Crippen molar-refractivity contribution in [3.63, 3.8) is 0 Å². The zero-order valence-electron chi connectivity index (χ0n) is 9.85. The van der Waals surface area contributed by atoms with Crippen molar-refractivity contribution in [3.05, 3.63) is 47.5 Å². The third-order valence-electron chi connectivity index (χ3n) is 2.37. The predicted octanol–water partition coefficient (Wildman–Crippen LogP) is 0.826. The lowest BCUT2D eigenvalue weighted by atomic mass is 10.1. The zero-order valence-corrected chi connectivity index (χ0v) is 9.85. The second-order valence-corrected chi connectivity index (χ2v) is 3.84. The van der Waals surface area contributed by atoms with Crippen LogP contribution < -0.4 is 5.32 Å². The van der Waals surface area contributed by atoms with Crippen LogP contribution in [0.4, 0.5) is 0 Å². The maximum atomic E-state index is 11.4. The summed E-state index contributed by atoms with van der Waals surface area (Å²) in [5.41, 5.74) is 1.54. The fourth-order valence-corrected chi connectivity index (χ4v) is 1.30. The number of rotatable bonds is 6. The first kappa shape index (κ1) is 13.9. The normalized spacial score (nSPS) is 9.83. The number of nitrogens with one attached hydrogen (secondary N) is 1. The number of carbonyl (C=O) groups excluding carboxylic acids is 1. The van der Waals surface area contributed by atoms with Gasteiger partial charge in [-0.3, -0.25) is 4.79 Å². The average Bonchev–Trinajstić information content (AvgIpc) is 2.36. The van der Waals surface area contributed by atoms with Crippen LogP contribution in [0.1, 0.15) is 17.5 Å². The van der Waals surface area contributed by atoms with Crippen LogP contribution in [0, 0.1) is 0 Å². The molecule has 0 heterocycles. The fraction of sp³-hybridized carbons (Fsp3) is 0.231. The highest BCUT2D eigenvalue weighted by Gasteiger charge is 2.09. The number of amides is 1. The first-order valence-electron chi connectivity index (χ1n) is 5.39. The van der Waals surface area contributed by atoms with Crippen molar-refractivity contribution < 1.29 is 19.8 Å². The van der Waals surface area contributed by atoms with Crippen LogP contribution in [0.3, 0.4) is 0 Å². The summed E-state index contributed by atoms with van der Waals surface area (Å²) in [7, 11) is 0. The van der Waals surface area contributed by atoms with Crippen LogP contribution in [-0.2, 0) is 22.7 Å². The first-order valence-corrected chi connectivity index (χ1v) is 5.39. The van der Waals surface area contributed by atoms with Crippen LogP contribution in [0.15, 0.2) is 36.4 Å². The molecule has 0 atom stereocenters. The van der Waals surface area contributed by atoms with Crippen LogP contribution in [0.2, 0.25) is 0 Å². The van der Waals surface area contributed by atoms with E-state index in [1.807, 2.05) is 0 Å². The maximum Gasteiger partial charge on any atom is 0.331 e. The van der Waals surface area contributed by atoms with E-state index in [0.29, 0.717) is 6.54 Å². The highest BCUT2D eigenvalue weighted by molar-refractivity contribution is 5.93. The molecule has 0 aliphatic heterocycles. The van der Waals surface area contributed by atoms with E-state index < -0.39 is 5.97 Å². The SMILES string of the molecule is C=C(CC(=O)NCc1ccc(CO)cc1)C(=O)O. The maximum absolute atomic E-state index is 11.4. The number of hydrogen-bond acceptors (Lipinski definition) is 3. The van der Waals surface area contributed by atoms with Crippen LogP contribution in [-0.4, -0.2) is 22.1 Å². The molecule has 0 saturated carbocycles. The van der Waals surface area contributed by atoms with Gasteiger partial charge in [0.2, 0.25) is 5.91 Å². The molecule has 0 aromatic heterocycles. The minimum atomic E-state index is -1.17. The van der Waals surface area contributed by atoms with Crippen molar-refractivity contribution in [2.24, 2.45) is 0 Å². The van der Waals surface area contributed by atoms with Gasteiger partial charge in [-0.2, -0.15) is 0 Å². The Labute approximate surface area is 105 Å². The van der Waals surface area contributed by atoms with Gasteiger partial charge in [-0.05, 0) is 11.1 Å². The van der Waals surface area contributed by atoms with E-state index in [9.17, 15) is 9.59 Å². The lowest BCUT2D eigenvalue weighted by Crippen LogP contribution is -2.24. The van der Waals surface area contributed by atoms with E-state index in [1.165, 1.54) is 0 Å². The lowest BCUT2D eigenvalue weighted by molar-refractivity contribution is -0.134. The number of hydrogen-bond donors (Lipinski definition) is 3. The third kappa shape index (κ3) is 4.39. The summed E-state index contributed by atoms with van der Waals surface area (Å²) >= 11 is 0. The second-order valence-electron chi connectivity index (χ2n) is 3.84. The van der Waals surface area contributed by atoms with Crippen molar-refractivity contribution in [2.75, 3.05) is 0 Å². The molecule has 0 spiro atoms. The summed E-state index contributed by atoms with van der Waals surface area (Å²) in [5, 5.41) is 20.0. The molecule has 1 aromatic rings. The molecule has 3 N–H and O–H groups in total. The molecular formula is C13H15NO4. The van der Waals surface area contributed by atoms with Gasteiger partial charge in [0.15, 0.2) is 0 Å². The minimum absolute atomic E-state index is 0.0227.